The fourth-order valence-corrected chi connectivity index (χ4v) is 3.44. The van der Waals surface area contributed by atoms with E-state index < -0.39 is 16.0 Å². The largest absolute Gasteiger partial charge is 0.307 e. The van der Waals surface area contributed by atoms with Gasteiger partial charge in [-0.25, -0.2) is 14.5 Å². The molecule has 3 N–H and O–H groups in total. The van der Waals surface area contributed by atoms with Crippen LogP contribution in [-0.2, 0) is 16.8 Å². The van der Waals surface area contributed by atoms with Crippen molar-refractivity contribution in [2.75, 3.05) is 6.54 Å². The molecular weight excluding hydrogens is 359 g/mol. The predicted molar refractivity (Wildman–Crippen MR) is 96.9 cm³/mol. The molecule has 0 unspecified atom stereocenters. The molecule has 0 saturated carbocycles. The average Bonchev–Trinajstić information content (AvgIpc) is 2.58. The van der Waals surface area contributed by atoms with Crippen molar-refractivity contribution >= 4 is 21.2 Å². The minimum Gasteiger partial charge on any atom is -0.307 e. The number of benzene rings is 1. The predicted octanol–water partition coefficient (Wildman–Crippen LogP) is 1.75. The van der Waals surface area contributed by atoms with Crippen LogP contribution in [0.5, 0.6) is 0 Å². The first kappa shape index (κ1) is 18.2. The molecule has 0 fully saturated rings. The molecule has 0 aliphatic heterocycles. The maximum atomic E-state index is 14.7. The third kappa shape index (κ3) is 3.64. The summed E-state index contributed by atoms with van der Waals surface area (Å²) in [6, 6.07) is 9.09. The van der Waals surface area contributed by atoms with Gasteiger partial charge in [-0.15, -0.1) is 0 Å². The number of hydrogen-bond acceptors (Lipinski definition) is 4. The van der Waals surface area contributed by atoms with Gasteiger partial charge in [0.05, 0.1) is 0 Å². The van der Waals surface area contributed by atoms with Gasteiger partial charge in [-0.3, -0.25) is 4.79 Å². The maximum Gasteiger partial charge on any atom is 0.277 e. The first-order chi connectivity index (χ1) is 12.3. The molecule has 0 amide bonds. The van der Waals surface area contributed by atoms with E-state index in [2.05, 4.69) is 9.97 Å². The van der Waals surface area contributed by atoms with Crippen molar-refractivity contribution in [3.05, 3.63) is 64.3 Å². The molecule has 136 valence electrons. The molecule has 3 aromatic rings. The van der Waals surface area contributed by atoms with Crippen molar-refractivity contribution in [1.82, 2.24) is 14.3 Å². The molecule has 0 saturated heterocycles. The minimum atomic E-state index is -3.85. The Kier molecular flexibility index (Phi) is 4.86. The van der Waals surface area contributed by atoms with Gasteiger partial charge in [0.25, 0.3) is 10.2 Å². The van der Waals surface area contributed by atoms with Crippen LogP contribution in [0.25, 0.3) is 22.2 Å². The zero-order valence-corrected chi connectivity index (χ0v) is 14.8. The van der Waals surface area contributed by atoms with Gasteiger partial charge in [0.2, 0.25) is 5.56 Å². The van der Waals surface area contributed by atoms with Gasteiger partial charge in [0, 0.05) is 36.3 Å². The van der Waals surface area contributed by atoms with Crippen molar-refractivity contribution in [2.24, 2.45) is 5.14 Å². The van der Waals surface area contributed by atoms with E-state index in [1.165, 1.54) is 18.3 Å². The summed E-state index contributed by atoms with van der Waals surface area (Å²) in [6.07, 6.45) is 1.49. The number of aromatic amines is 1. The molecule has 0 bridgehead atoms. The van der Waals surface area contributed by atoms with E-state index in [0.717, 1.165) is 4.31 Å². The number of pyridine rings is 2. The van der Waals surface area contributed by atoms with Crippen molar-refractivity contribution in [1.29, 1.82) is 0 Å². The fraction of sp³-hybridized carbons (Fsp3) is 0.176. The Morgan fingerprint density at radius 3 is 2.62 bits per heavy atom. The Morgan fingerprint density at radius 1 is 1.19 bits per heavy atom. The van der Waals surface area contributed by atoms with Crippen molar-refractivity contribution in [3.8, 4) is 11.1 Å². The van der Waals surface area contributed by atoms with Crippen molar-refractivity contribution in [3.63, 3.8) is 0 Å². The van der Waals surface area contributed by atoms with Gasteiger partial charge in [-0.05, 0) is 29.3 Å². The van der Waals surface area contributed by atoms with Gasteiger partial charge in [-0.2, -0.15) is 12.7 Å². The standard InChI is InChI=1S/C17H17FN4O3S/c1-2-22(26(19,24)25)10-11-3-4-13(15(18)9-11)12-7-8-20-17-14(12)5-6-16(23)21-17/h3-9H,2,10H2,1H3,(H2,19,24,25)(H,20,21,23). The molecule has 0 atom stereocenters. The number of fused-ring (bicyclic) bond motifs is 1. The van der Waals surface area contributed by atoms with Gasteiger partial charge in [0.15, 0.2) is 0 Å². The summed E-state index contributed by atoms with van der Waals surface area (Å²) >= 11 is 0. The van der Waals surface area contributed by atoms with Crippen LogP contribution in [0.1, 0.15) is 12.5 Å². The van der Waals surface area contributed by atoms with Crippen LogP contribution in [0.15, 0.2) is 47.4 Å². The molecule has 3 rings (SSSR count). The van der Waals surface area contributed by atoms with E-state index in [1.54, 1.807) is 31.2 Å². The molecule has 0 aliphatic carbocycles. The molecule has 0 spiro atoms. The Hall–Kier alpha value is -2.62. The summed E-state index contributed by atoms with van der Waals surface area (Å²) < 4.78 is 38.7. The smallest absolute Gasteiger partial charge is 0.277 e. The van der Waals surface area contributed by atoms with Gasteiger partial charge < -0.3 is 4.98 Å². The van der Waals surface area contributed by atoms with E-state index in [4.69, 9.17) is 5.14 Å². The maximum absolute atomic E-state index is 14.7. The number of nitrogens with one attached hydrogen (secondary N) is 1. The molecule has 2 aromatic heterocycles. The SMILES string of the molecule is CCN(Cc1ccc(-c2ccnc3[nH]c(=O)ccc23)c(F)c1)S(N)(=O)=O. The first-order valence-electron chi connectivity index (χ1n) is 7.84. The Labute approximate surface area is 149 Å². The molecule has 7 nitrogen and oxygen atoms in total. The Balaban J connectivity index is 2.02. The van der Waals surface area contributed by atoms with E-state index >= 15 is 0 Å². The fourth-order valence-electron chi connectivity index (χ4n) is 2.75. The highest BCUT2D eigenvalue weighted by Crippen LogP contribution is 2.29. The molecule has 0 aliphatic rings. The minimum absolute atomic E-state index is 0.0169. The number of H-pyrrole nitrogens is 1. The van der Waals surface area contributed by atoms with E-state index in [1.807, 2.05) is 0 Å². The summed E-state index contributed by atoms with van der Waals surface area (Å²) in [6.45, 7) is 1.82. The second-order valence-corrected chi connectivity index (χ2v) is 7.28. The van der Waals surface area contributed by atoms with E-state index in [0.29, 0.717) is 27.7 Å². The highest BCUT2D eigenvalue weighted by molar-refractivity contribution is 7.86. The molecular formula is C17H17FN4O3S. The van der Waals surface area contributed by atoms with Crippen LogP contribution in [0, 0.1) is 5.82 Å². The van der Waals surface area contributed by atoms with Crippen LogP contribution in [0.2, 0.25) is 0 Å². The lowest BCUT2D eigenvalue weighted by molar-refractivity contribution is 0.423. The summed E-state index contributed by atoms with van der Waals surface area (Å²) in [7, 11) is -3.85. The van der Waals surface area contributed by atoms with Gasteiger partial charge in [-0.1, -0.05) is 19.1 Å². The topological polar surface area (TPSA) is 109 Å². The average molecular weight is 376 g/mol. The van der Waals surface area contributed by atoms with Crippen LogP contribution in [-0.4, -0.2) is 29.2 Å². The van der Waals surface area contributed by atoms with Crippen LogP contribution >= 0.6 is 0 Å². The summed E-state index contributed by atoms with van der Waals surface area (Å²) in [5.74, 6) is -0.508. The number of nitrogens with two attached hydrogens (primary N) is 1. The zero-order valence-electron chi connectivity index (χ0n) is 13.9. The second-order valence-electron chi connectivity index (χ2n) is 5.73. The quantitative estimate of drug-likeness (QED) is 0.707. The number of halogens is 1. The van der Waals surface area contributed by atoms with Gasteiger partial charge in [0.1, 0.15) is 11.5 Å². The third-order valence-electron chi connectivity index (χ3n) is 4.03. The Bertz CT molecular complexity index is 1130. The molecule has 9 heteroatoms. The lowest BCUT2D eigenvalue weighted by atomic mass is 10.0. The Morgan fingerprint density at radius 2 is 1.96 bits per heavy atom. The highest BCUT2D eigenvalue weighted by Gasteiger charge is 2.17. The molecule has 2 heterocycles. The molecule has 0 radical (unpaired) electrons. The summed E-state index contributed by atoms with van der Waals surface area (Å²) in [5, 5.41) is 5.75. The van der Waals surface area contributed by atoms with E-state index in [9.17, 15) is 17.6 Å². The lowest BCUT2D eigenvalue weighted by Gasteiger charge is -2.17. The highest BCUT2D eigenvalue weighted by atomic mass is 32.2. The monoisotopic (exact) mass is 376 g/mol. The first-order valence-corrected chi connectivity index (χ1v) is 9.34. The number of nitrogens with zero attached hydrogens (tertiary/aromatic N) is 2. The summed E-state index contributed by atoms with van der Waals surface area (Å²) in [4.78, 5) is 18.1. The van der Waals surface area contributed by atoms with Crippen LogP contribution in [0.4, 0.5) is 4.39 Å². The van der Waals surface area contributed by atoms with Crippen LogP contribution in [0.3, 0.4) is 0 Å². The third-order valence-corrected chi connectivity index (χ3v) is 5.14. The normalized spacial score (nSPS) is 12.0. The number of rotatable bonds is 5. The van der Waals surface area contributed by atoms with Crippen LogP contribution < -0.4 is 10.7 Å². The molecule has 26 heavy (non-hydrogen) atoms. The summed E-state index contributed by atoms with van der Waals surface area (Å²) in [5.41, 5.74) is 1.46. The number of hydrogen-bond donors (Lipinski definition) is 2. The molecule has 1 aromatic carbocycles. The zero-order chi connectivity index (χ0) is 18.9. The van der Waals surface area contributed by atoms with Crippen molar-refractivity contribution < 1.29 is 12.8 Å². The number of aromatic nitrogens is 2. The lowest BCUT2D eigenvalue weighted by Crippen LogP contribution is -2.35. The van der Waals surface area contributed by atoms with Crippen molar-refractivity contribution in [2.45, 2.75) is 13.5 Å². The second kappa shape index (κ2) is 6.94. The van der Waals surface area contributed by atoms with Gasteiger partial charge >= 0.3 is 0 Å². The van der Waals surface area contributed by atoms with E-state index in [-0.39, 0.29) is 18.6 Å².